The molecule has 1 fully saturated rings. The molecule has 5 aromatic carbocycles. The standard InChI is InChI=1S/C42H43ClO6/c1-3-45-37-21-14-30(15-22-37)24-35-25-34(18-23-38(35)43)40-42(48-28-32-12-8-5-9-13-32)41(47-27-31-10-6-4-7-11-31)39(29-49-40)46-26-33-16-19-36(44-2)20-17-33/h4-23,25,39-42H,3,24,26-29H2,1-2H3. The zero-order valence-electron chi connectivity index (χ0n) is 28.0. The summed E-state index contributed by atoms with van der Waals surface area (Å²) in [5.41, 5.74) is 6.30. The maximum absolute atomic E-state index is 6.78. The van der Waals surface area contributed by atoms with E-state index in [1.807, 2.05) is 91.9 Å². The number of hydrogen-bond acceptors (Lipinski definition) is 6. The third kappa shape index (κ3) is 9.50. The van der Waals surface area contributed by atoms with Crippen LogP contribution in [0.1, 0.15) is 46.4 Å². The van der Waals surface area contributed by atoms with Crippen LogP contribution in [0.25, 0.3) is 0 Å². The van der Waals surface area contributed by atoms with Crippen LogP contribution in [-0.2, 0) is 45.2 Å². The molecule has 0 amide bonds. The molecule has 0 aromatic heterocycles. The predicted molar refractivity (Wildman–Crippen MR) is 192 cm³/mol. The molecule has 4 unspecified atom stereocenters. The molecule has 49 heavy (non-hydrogen) atoms. The third-order valence-electron chi connectivity index (χ3n) is 8.65. The lowest BCUT2D eigenvalue weighted by Gasteiger charge is -2.42. The first kappa shape index (κ1) is 34.7. The van der Waals surface area contributed by atoms with E-state index in [9.17, 15) is 0 Å². The first-order valence-corrected chi connectivity index (χ1v) is 17.1. The van der Waals surface area contributed by atoms with Crippen molar-refractivity contribution in [3.05, 3.63) is 166 Å². The highest BCUT2D eigenvalue weighted by atomic mass is 35.5. The van der Waals surface area contributed by atoms with E-state index in [4.69, 9.17) is 40.0 Å². The van der Waals surface area contributed by atoms with Crippen LogP contribution < -0.4 is 9.47 Å². The zero-order valence-corrected chi connectivity index (χ0v) is 28.8. The highest BCUT2D eigenvalue weighted by molar-refractivity contribution is 6.31. The largest absolute Gasteiger partial charge is 0.497 e. The van der Waals surface area contributed by atoms with E-state index in [2.05, 4.69) is 42.5 Å². The zero-order chi connectivity index (χ0) is 33.8. The number of methoxy groups -OCH3 is 1. The van der Waals surface area contributed by atoms with Gasteiger partial charge in [0.15, 0.2) is 0 Å². The van der Waals surface area contributed by atoms with Gasteiger partial charge in [-0.25, -0.2) is 0 Å². The predicted octanol–water partition coefficient (Wildman–Crippen LogP) is 9.17. The average molecular weight is 679 g/mol. The van der Waals surface area contributed by atoms with Gasteiger partial charge < -0.3 is 28.4 Å². The van der Waals surface area contributed by atoms with Crippen LogP contribution >= 0.6 is 11.6 Å². The van der Waals surface area contributed by atoms with Crippen molar-refractivity contribution in [3.8, 4) is 11.5 Å². The molecule has 1 saturated heterocycles. The second-order valence-corrected chi connectivity index (χ2v) is 12.5. The Balaban J connectivity index is 1.28. The molecule has 1 heterocycles. The Kier molecular flexibility index (Phi) is 12.4. The lowest BCUT2D eigenvalue weighted by Crippen LogP contribution is -2.52. The fourth-order valence-corrected chi connectivity index (χ4v) is 6.23. The number of hydrogen-bond donors (Lipinski definition) is 0. The molecule has 0 bridgehead atoms. The van der Waals surface area contributed by atoms with Crippen LogP contribution in [0.2, 0.25) is 5.02 Å². The summed E-state index contributed by atoms with van der Waals surface area (Å²) in [6.45, 7) is 4.15. The highest BCUT2D eigenvalue weighted by Gasteiger charge is 2.44. The third-order valence-corrected chi connectivity index (χ3v) is 9.02. The number of benzene rings is 5. The second-order valence-electron chi connectivity index (χ2n) is 12.1. The molecule has 1 aliphatic rings. The number of halogens is 1. The molecule has 0 radical (unpaired) electrons. The quantitative estimate of drug-likeness (QED) is 0.110. The van der Waals surface area contributed by atoms with Crippen molar-refractivity contribution in [2.75, 3.05) is 20.3 Å². The summed E-state index contributed by atoms with van der Waals surface area (Å²) in [6.07, 6.45) is -1.02. The summed E-state index contributed by atoms with van der Waals surface area (Å²) < 4.78 is 37.7. The lowest BCUT2D eigenvalue weighted by molar-refractivity contribution is -0.240. The molecule has 1 aliphatic heterocycles. The molecular formula is C42H43ClO6. The van der Waals surface area contributed by atoms with Crippen molar-refractivity contribution in [3.63, 3.8) is 0 Å². The Morgan fingerprint density at radius 2 is 1.20 bits per heavy atom. The molecule has 4 atom stereocenters. The fraction of sp³-hybridized carbons (Fsp3) is 0.286. The van der Waals surface area contributed by atoms with Gasteiger partial charge in [-0.15, -0.1) is 0 Å². The monoisotopic (exact) mass is 678 g/mol. The minimum Gasteiger partial charge on any atom is -0.497 e. The Morgan fingerprint density at radius 1 is 0.633 bits per heavy atom. The average Bonchev–Trinajstić information content (AvgIpc) is 3.15. The van der Waals surface area contributed by atoms with E-state index in [-0.39, 0.29) is 6.10 Å². The lowest BCUT2D eigenvalue weighted by atomic mass is 9.92. The van der Waals surface area contributed by atoms with E-state index in [0.717, 1.165) is 44.9 Å². The van der Waals surface area contributed by atoms with Gasteiger partial charge in [-0.3, -0.25) is 0 Å². The maximum Gasteiger partial charge on any atom is 0.119 e. The Labute approximate surface area is 294 Å². The van der Waals surface area contributed by atoms with Gasteiger partial charge in [0.05, 0.1) is 40.1 Å². The van der Waals surface area contributed by atoms with Gasteiger partial charge in [0.2, 0.25) is 0 Å². The fourth-order valence-electron chi connectivity index (χ4n) is 6.04. The van der Waals surface area contributed by atoms with E-state index >= 15 is 0 Å². The van der Waals surface area contributed by atoms with E-state index < -0.39 is 18.3 Å². The van der Waals surface area contributed by atoms with E-state index in [1.54, 1.807) is 7.11 Å². The first-order valence-electron chi connectivity index (χ1n) is 16.8. The molecule has 254 valence electrons. The maximum atomic E-state index is 6.78. The topological polar surface area (TPSA) is 55.4 Å². The molecular weight excluding hydrogens is 636 g/mol. The van der Waals surface area contributed by atoms with Crippen LogP contribution in [0.4, 0.5) is 0 Å². The molecule has 6 rings (SSSR count). The minimum atomic E-state index is -0.474. The molecule has 6 nitrogen and oxygen atoms in total. The van der Waals surface area contributed by atoms with Crippen LogP contribution in [0.15, 0.2) is 127 Å². The molecule has 7 heteroatoms. The normalized spacial score (nSPS) is 19.0. The highest BCUT2D eigenvalue weighted by Crippen LogP contribution is 2.37. The van der Waals surface area contributed by atoms with Crippen LogP contribution in [0.5, 0.6) is 11.5 Å². The minimum absolute atomic E-state index is 0.336. The second kappa shape index (κ2) is 17.5. The summed E-state index contributed by atoms with van der Waals surface area (Å²) in [7, 11) is 1.66. The SMILES string of the molecule is CCOc1ccc(Cc2cc(C3OCC(OCc4ccc(OC)cc4)C(OCc4ccccc4)C3OCc3ccccc3)ccc2Cl)cc1. The van der Waals surface area contributed by atoms with E-state index in [0.29, 0.717) is 44.5 Å². The first-order chi connectivity index (χ1) is 24.1. The summed E-state index contributed by atoms with van der Waals surface area (Å²) in [5.74, 6) is 1.65. The summed E-state index contributed by atoms with van der Waals surface area (Å²) in [6, 6.07) is 42.5. The summed E-state index contributed by atoms with van der Waals surface area (Å²) >= 11 is 6.78. The summed E-state index contributed by atoms with van der Waals surface area (Å²) in [4.78, 5) is 0. The van der Waals surface area contributed by atoms with Crippen molar-refractivity contribution in [1.82, 2.24) is 0 Å². The Bertz CT molecular complexity index is 1710. The van der Waals surface area contributed by atoms with Crippen LogP contribution in [0.3, 0.4) is 0 Å². The molecule has 0 spiro atoms. The van der Waals surface area contributed by atoms with Gasteiger partial charge in [-0.2, -0.15) is 0 Å². The number of ether oxygens (including phenoxy) is 6. The summed E-state index contributed by atoms with van der Waals surface area (Å²) in [5, 5.41) is 0.702. The van der Waals surface area contributed by atoms with Gasteiger partial charge in [0, 0.05) is 5.02 Å². The van der Waals surface area contributed by atoms with Gasteiger partial charge in [-0.1, -0.05) is 109 Å². The van der Waals surface area contributed by atoms with Crippen LogP contribution in [-0.4, -0.2) is 38.6 Å². The molecule has 5 aromatic rings. The van der Waals surface area contributed by atoms with Crippen molar-refractivity contribution < 1.29 is 28.4 Å². The van der Waals surface area contributed by atoms with Crippen molar-refractivity contribution in [2.45, 2.75) is 57.6 Å². The van der Waals surface area contributed by atoms with Gasteiger partial charge >= 0.3 is 0 Å². The van der Waals surface area contributed by atoms with Gasteiger partial charge in [0.25, 0.3) is 0 Å². The molecule has 0 aliphatic carbocycles. The van der Waals surface area contributed by atoms with Crippen molar-refractivity contribution >= 4 is 11.6 Å². The van der Waals surface area contributed by atoms with Gasteiger partial charge in [-0.05, 0) is 77.1 Å². The smallest absolute Gasteiger partial charge is 0.119 e. The molecule has 0 saturated carbocycles. The molecule has 0 N–H and O–H groups in total. The van der Waals surface area contributed by atoms with Crippen LogP contribution in [0, 0.1) is 0 Å². The Hall–Kier alpha value is -4.17. The Morgan fingerprint density at radius 3 is 1.84 bits per heavy atom. The number of rotatable bonds is 15. The van der Waals surface area contributed by atoms with Gasteiger partial charge in [0.1, 0.15) is 35.9 Å². The van der Waals surface area contributed by atoms with Crippen molar-refractivity contribution in [2.24, 2.45) is 0 Å². The van der Waals surface area contributed by atoms with E-state index in [1.165, 1.54) is 0 Å². The van der Waals surface area contributed by atoms with Crippen molar-refractivity contribution in [1.29, 1.82) is 0 Å².